The third-order valence-corrected chi connectivity index (χ3v) is 3.15. The zero-order valence-electron chi connectivity index (χ0n) is 10.9. The van der Waals surface area contributed by atoms with Crippen LogP contribution >= 0.6 is 0 Å². The fraction of sp³-hybridized carbons (Fsp3) is 0.636. The van der Waals surface area contributed by atoms with E-state index in [2.05, 4.69) is 27.1 Å². The van der Waals surface area contributed by atoms with Crippen LogP contribution in [0.1, 0.15) is 19.8 Å². The number of nitrogens with one attached hydrogen (secondary N) is 1. The molecule has 3 N–H and O–H groups in total. The quantitative estimate of drug-likeness (QED) is 0.556. The lowest BCUT2D eigenvalue weighted by atomic mass is 10.4. The van der Waals surface area contributed by atoms with E-state index in [-0.39, 0.29) is 17.5 Å². The van der Waals surface area contributed by atoms with Crippen LogP contribution in [0.15, 0.2) is 6.20 Å². The Morgan fingerprint density at radius 3 is 2.95 bits per heavy atom. The average molecular weight is 266 g/mol. The van der Waals surface area contributed by atoms with E-state index in [0.29, 0.717) is 12.6 Å². The van der Waals surface area contributed by atoms with E-state index < -0.39 is 4.92 Å². The van der Waals surface area contributed by atoms with Gasteiger partial charge in [-0.05, 0) is 19.4 Å². The lowest BCUT2D eigenvalue weighted by Crippen LogP contribution is -2.31. The van der Waals surface area contributed by atoms with Crippen LogP contribution in [0.25, 0.3) is 0 Å². The second-order valence-corrected chi connectivity index (χ2v) is 4.51. The molecule has 0 saturated heterocycles. The summed E-state index contributed by atoms with van der Waals surface area (Å²) in [7, 11) is 0. The second-order valence-electron chi connectivity index (χ2n) is 4.51. The van der Waals surface area contributed by atoms with E-state index in [4.69, 9.17) is 5.73 Å². The number of hydrogen-bond donors (Lipinski definition) is 2. The lowest BCUT2D eigenvalue weighted by Gasteiger charge is -2.19. The molecular weight excluding hydrogens is 248 g/mol. The summed E-state index contributed by atoms with van der Waals surface area (Å²) in [4.78, 5) is 20.2. The molecule has 1 heterocycles. The molecular formula is C11H18N6O2. The fourth-order valence-electron chi connectivity index (χ4n) is 2.01. The Morgan fingerprint density at radius 1 is 1.63 bits per heavy atom. The summed E-state index contributed by atoms with van der Waals surface area (Å²) < 4.78 is 0. The molecule has 0 atom stereocenters. The number of nitrogens with two attached hydrogens (primary N) is 1. The van der Waals surface area contributed by atoms with Gasteiger partial charge in [0.1, 0.15) is 6.20 Å². The molecule has 1 aliphatic carbocycles. The van der Waals surface area contributed by atoms with Gasteiger partial charge in [-0.1, -0.05) is 6.92 Å². The van der Waals surface area contributed by atoms with E-state index in [1.165, 1.54) is 12.8 Å². The number of rotatable bonds is 7. The predicted octanol–water partition coefficient (Wildman–Crippen LogP) is 0.863. The standard InChI is InChI=1S/C11H18N6O2/c1-2-16(8-3-4-8)6-5-13-10-9(17(18)19)7-14-11(12)15-10/h7-8H,2-6H2,1H3,(H3,12,13,14,15). The maximum atomic E-state index is 10.8. The van der Waals surface area contributed by atoms with Crippen molar-refractivity contribution in [3.63, 3.8) is 0 Å². The number of anilines is 2. The third-order valence-electron chi connectivity index (χ3n) is 3.15. The van der Waals surface area contributed by atoms with Crippen molar-refractivity contribution in [2.24, 2.45) is 0 Å². The summed E-state index contributed by atoms with van der Waals surface area (Å²) in [6, 6.07) is 0.678. The van der Waals surface area contributed by atoms with Crippen LogP contribution in [0.5, 0.6) is 0 Å². The zero-order valence-corrected chi connectivity index (χ0v) is 10.9. The van der Waals surface area contributed by atoms with E-state index in [1.54, 1.807) is 0 Å². The predicted molar refractivity (Wildman–Crippen MR) is 71.9 cm³/mol. The highest BCUT2D eigenvalue weighted by Gasteiger charge is 2.27. The van der Waals surface area contributed by atoms with Crippen molar-refractivity contribution >= 4 is 17.5 Å². The Morgan fingerprint density at radius 2 is 2.37 bits per heavy atom. The van der Waals surface area contributed by atoms with Gasteiger partial charge in [0, 0.05) is 19.1 Å². The van der Waals surface area contributed by atoms with Crippen molar-refractivity contribution in [1.29, 1.82) is 0 Å². The van der Waals surface area contributed by atoms with Gasteiger partial charge in [0.2, 0.25) is 11.8 Å². The number of nitrogens with zero attached hydrogens (tertiary/aromatic N) is 4. The molecule has 1 fully saturated rings. The third kappa shape index (κ3) is 3.50. The molecule has 19 heavy (non-hydrogen) atoms. The zero-order chi connectivity index (χ0) is 13.8. The first kappa shape index (κ1) is 13.5. The highest BCUT2D eigenvalue weighted by Crippen LogP contribution is 2.26. The largest absolute Gasteiger partial charge is 0.368 e. The van der Waals surface area contributed by atoms with E-state index >= 15 is 0 Å². The molecule has 0 aromatic carbocycles. The summed E-state index contributed by atoms with van der Waals surface area (Å²) in [5, 5.41) is 13.8. The van der Waals surface area contributed by atoms with Gasteiger partial charge in [-0.15, -0.1) is 0 Å². The van der Waals surface area contributed by atoms with Crippen molar-refractivity contribution in [1.82, 2.24) is 14.9 Å². The molecule has 1 saturated carbocycles. The molecule has 2 rings (SSSR count). The van der Waals surface area contributed by atoms with Gasteiger partial charge in [-0.3, -0.25) is 15.0 Å². The molecule has 0 spiro atoms. The Kier molecular flexibility index (Phi) is 4.10. The number of aromatic nitrogens is 2. The molecule has 0 unspecified atom stereocenters. The molecule has 8 heteroatoms. The van der Waals surface area contributed by atoms with Gasteiger partial charge in [-0.25, -0.2) is 4.98 Å². The van der Waals surface area contributed by atoms with Crippen LogP contribution in [0, 0.1) is 10.1 Å². The molecule has 104 valence electrons. The van der Waals surface area contributed by atoms with E-state index in [0.717, 1.165) is 19.3 Å². The van der Waals surface area contributed by atoms with Gasteiger partial charge in [0.05, 0.1) is 4.92 Å². The van der Waals surface area contributed by atoms with Gasteiger partial charge >= 0.3 is 5.69 Å². The molecule has 0 aliphatic heterocycles. The number of nitrogen functional groups attached to an aromatic ring is 1. The maximum Gasteiger partial charge on any atom is 0.329 e. The Bertz CT molecular complexity index is 462. The summed E-state index contributed by atoms with van der Waals surface area (Å²) in [6.07, 6.45) is 3.62. The fourth-order valence-corrected chi connectivity index (χ4v) is 2.01. The van der Waals surface area contributed by atoms with Gasteiger partial charge < -0.3 is 11.1 Å². The summed E-state index contributed by atoms with van der Waals surface area (Å²) in [6.45, 7) is 4.54. The van der Waals surface area contributed by atoms with Crippen LogP contribution < -0.4 is 11.1 Å². The first-order valence-electron chi connectivity index (χ1n) is 6.36. The number of nitro groups is 1. The summed E-state index contributed by atoms with van der Waals surface area (Å²) >= 11 is 0. The van der Waals surface area contributed by atoms with Crippen molar-refractivity contribution < 1.29 is 4.92 Å². The monoisotopic (exact) mass is 266 g/mol. The Labute approximate surface area is 111 Å². The molecule has 1 aromatic rings. The highest BCUT2D eigenvalue weighted by atomic mass is 16.6. The minimum Gasteiger partial charge on any atom is -0.368 e. The normalized spacial score (nSPS) is 14.6. The van der Waals surface area contributed by atoms with Crippen molar-refractivity contribution in [2.75, 3.05) is 30.7 Å². The number of likely N-dealkylation sites (N-methyl/N-ethyl adjacent to an activating group) is 1. The average Bonchev–Trinajstić information content (AvgIpc) is 3.18. The smallest absolute Gasteiger partial charge is 0.329 e. The maximum absolute atomic E-state index is 10.8. The SMILES string of the molecule is CCN(CCNc1nc(N)ncc1[N+](=O)[O-])C1CC1. The minimum absolute atomic E-state index is 0.0302. The topological polar surface area (TPSA) is 110 Å². The first-order chi connectivity index (χ1) is 9.11. The van der Waals surface area contributed by atoms with E-state index in [9.17, 15) is 10.1 Å². The van der Waals surface area contributed by atoms with Crippen LogP contribution in [-0.2, 0) is 0 Å². The first-order valence-corrected chi connectivity index (χ1v) is 6.36. The lowest BCUT2D eigenvalue weighted by molar-refractivity contribution is -0.384. The Hall–Kier alpha value is -1.96. The molecule has 0 bridgehead atoms. The van der Waals surface area contributed by atoms with Crippen molar-refractivity contribution in [2.45, 2.75) is 25.8 Å². The van der Waals surface area contributed by atoms with Crippen LogP contribution in [0.4, 0.5) is 17.5 Å². The van der Waals surface area contributed by atoms with Crippen LogP contribution in [0.2, 0.25) is 0 Å². The van der Waals surface area contributed by atoms with Crippen molar-refractivity contribution in [3.8, 4) is 0 Å². The van der Waals surface area contributed by atoms with E-state index in [1.807, 2.05) is 0 Å². The molecule has 0 amide bonds. The molecule has 1 aliphatic rings. The summed E-state index contributed by atoms with van der Waals surface area (Å²) in [5.41, 5.74) is 5.30. The van der Waals surface area contributed by atoms with Crippen LogP contribution in [-0.4, -0.2) is 45.5 Å². The Balaban J connectivity index is 1.94. The van der Waals surface area contributed by atoms with Crippen LogP contribution in [0.3, 0.4) is 0 Å². The molecule has 8 nitrogen and oxygen atoms in total. The van der Waals surface area contributed by atoms with Gasteiger partial charge in [-0.2, -0.15) is 4.98 Å². The molecule has 1 aromatic heterocycles. The second kappa shape index (κ2) is 5.79. The molecule has 0 radical (unpaired) electrons. The van der Waals surface area contributed by atoms with Gasteiger partial charge in [0.15, 0.2) is 0 Å². The van der Waals surface area contributed by atoms with Crippen molar-refractivity contribution in [3.05, 3.63) is 16.3 Å². The highest BCUT2D eigenvalue weighted by molar-refractivity contribution is 5.56. The number of hydrogen-bond acceptors (Lipinski definition) is 7. The van der Waals surface area contributed by atoms with Gasteiger partial charge in [0.25, 0.3) is 0 Å². The minimum atomic E-state index is -0.514. The summed E-state index contributed by atoms with van der Waals surface area (Å²) in [5.74, 6) is 0.215.